The van der Waals surface area contributed by atoms with E-state index in [0.717, 1.165) is 43.7 Å². The molecule has 1 aliphatic rings. The van der Waals surface area contributed by atoms with Crippen LogP contribution < -0.4 is 15.7 Å². The fraction of sp³-hybridized carbons (Fsp3) is 0.593. The molecule has 2 heterocycles. The molecule has 19 heteroatoms. The number of alkyl halides is 4. The Morgan fingerprint density at radius 2 is 1.65 bits per heavy atom. The largest absolute Gasteiger partial charge is 0.481 e. The number of carbonyl (C=O) groups is 2. The minimum atomic E-state index is -2.84. The highest BCUT2D eigenvalue weighted by atomic mass is 35.5. The first-order chi connectivity index (χ1) is 22.0. The van der Waals surface area contributed by atoms with E-state index in [0.29, 0.717) is 49.6 Å². The molecule has 3 rings (SSSR count). The van der Waals surface area contributed by atoms with Crippen molar-refractivity contribution >= 4 is 77.5 Å². The summed E-state index contributed by atoms with van der Waals surface area (Å²) in [6.45, 7) is 3.85. The molecule has 1 atom stereocenters. The van der Waals surface area contributed by atoms with Crippen molar-refractivity contribution in [1.29, 1.82) is 0 Å². The number of aromatic nitrogens is 2. The normalized spacial score (nSPS) is 15.9. The molecule has 46 heavy (non-hydrogen) atoms. The molecule has 1 aromatic carbocycles. The Morgan fingerprint density at radius 1 is 1.04 bits per heavy atom. The summed E-state index contributed by atoms with van der Waals surface area (Å²) >= 11 is 22.8. The lowest BCUT2D eigenvalue weighted by atomic mass is 10.1. The van der Waals surface area contributed by atoms with E-state index < -0.39 is 19.5 Å². The van der Waals surface area contributed by atoms with Gasteiger partial charge in [-0.15, -0.1) is 51.5 Å². The van der Waals surface area contributed by atoms with Crippen LogP contribution in [-0.2, 0) is 20.3 Å². The molecule has 0 bridgehead atoms. The lowest BCUT2D eigenvalue weighted by Gasteiger charge is -2.33. The van der Waals surface area contributed by atoms with Gasteiger partial charge in [0.05, 0.1) is 12.9 Å². The van der Waals surface area contributed by atoms with Gasteiger partial charge in [0, 0.05) is 82.4 Å². The number of hydrogen-bond acceptors (Lipinski definition) is 8. The summed E-state index contributed by atoms with van der Waals surface area (Å²) in [6, 6.07) is 8.14. The van der Waals surface area contributed by atoms with Crippen molar-refractivity contribution in [1.82, 2.24) is 24.7 Å². The number of rotatable bonds is 17. The molecule has 260 valence electrons. The maximum absolute atomic E-state index is 12.2. The average Bonchev–Trinajstić information content (AvgIpc) is 3.51. The maximum atomic E-state index is 12.2. The second-order valence-corrected chi connectivity index (χ2v) is 13.4. The molecule has 0 saturated carbocycles. The number of aromatic amines is 1. The van der Waals surface area contributed by atoms with E-state index in [9.17, 15) is 14.2 Å². The number of nitrogens with one attached hydrogen (secondary N) is 2. The SMILES string of the molecule is CN(C)N=Nc1nc[nH]c1C(N)=O.O=C(O)CCCc1ccc(N(CCCl)CCCl)cc1.O=P1(N(CCCl)CCCl)NCCCO1. The van der Waals surface area contributed by atoms with Crippen LogP contribution in [0.1, 0.15) is 35.3 Å². The number of carboxylic acids is 1. The van der Waals surface area contributed by atoms with Gasteiger partial charge in [0.25, 0.3) is 5.91 Å². The van der Waals surface area contributed by atoms with Crippen molar-refractivity contribution in [3.8, 4) is 0 Å². The highest BCUT2D eigenvalue weighted by Crippen LogP contribution is 2.48. The Morgan fingerprint density at radius 3 is 2.13 bits per heavy atom. The third kappa shape index (κ3) is 16.6. The van der Waals surface area contributed by atoms with Crippen molar-refractivity contribution in [3.63, 3.8) is 0 Å². The summed E-state index contributed by atoms with van der Waals surface area (Å²) < 4.78 is 19.2. The number of nitrogens with two attached hydrogens (primary N) is 1. The molecule has 0 spiro atoms. The Kier molecular flexibility index (Phi) is 21.9. The average molecular weight is 747 g/mol. The Labute approximate surface area is 290 Å². The first-order valence-electron chi connectivity index (χ1n) is 14.5. The van der Waals surface area contributed by atoms with Crippen molar-refractivity contribution in [2.24, 2.45) is 16.1 Å². The summed E-state index contributed by atoms with van der Waals surface area (Å²) in [5.41, 5.74) is 7.45. The first kappa shape index (κ1) is 41.9. The van der Waals surface area contributed by atoms with Gasteiger partial charge in [-0.1, -0.05) is 17.4 Å². The monoisotopic (exact) mass is 745 g/mol. The van der Waals surface area contributed by atoms with Crippen LogP contribution in [0.5, 0.6) is 0 Å². The molecule has 14 nitrogen and oxygen atoms in total. The lowest BCUT2D eigenvalue weighted by molar-refractivity contribution is -0.137. The Hall–Kier alpha value is -2.16. The molecule has 0 aliphatic carbocycles. The topological polar surface area (TPSA) is 182 Å². The van der Waals surface area contributed by atoms with E-state index >= 15 is 0 Å². The molecule has 1 aliphatic heterocycles. The number of anilines is 1. The number of nitrogens with zero attached hydrogens (tertiary/aromatic N) is 6. The fourth-order valence-corrected chi connectivity index (χ4v) is 6.90. The zero-order valence-electron chi connectivity index (χ0n) is 26.1. The molecule has 1 unspecified atom stereocenters. The van der Waals surface area contributed by atoms with Gasteiger partial charge in [0.15, 0.2) is 5.69 Å². The maximum Gasteiger partial charge on any atom is 0.343 e. The van der Waals surface area contributed by atoms with Crippen molar-refractivity contribution in [2.75, 3.05) is 81.8 Å². The van der Waals surface area contributed by atoms with E-state index in [-0.39, 0.29) is 17.9 Å². The molecular formula is C27H44Cl4N9O5P. The quantitative estimate of drug-likeness (QED) is 0.0715. The van der Waals surface area contributed by atoms with Gasteiger partial charge in [-0.05, 0) is 37.0 Å². The summed E-state index contributed by atoms with van der Waals surface area (Å²) in [7, 11) is 0.575. The van der Waals surface area contributed by atoms with Gasteiger partial charge in [-0.3, -0.25) is 19.2 Å². The highest BCUT2D eigenvalue weighted by Gasteiger charge is 2.32. The molecule has 1 aromatic heterocycles. The van der Waals surface area contributed by atoms with Crippen LogP contribution >= 0.6 is 54.1 Å². The van der Waals surface area contributed by atoms with Crippen LogP contribution in [0.4, 0.5) is 11.5 Å². The summed E-state index contributed by atoms with van der Waals surface area (Å²) in [5.74, 6) is 0.824. The van der Waals surface area contributed by atoms with Gasteiger partial charge in [-0.2, -0.15) is 0 Å². The molecule has 2 aromatic rings. The molecule has 1 amide bonds. The van der Waals surface area contributed by atoms with Crippen molar-refractivity contribution in [2.45, 2.75) is 25.7 Å². The second-order valence-electron chi connectivity index (χ2n) is 9.73. The molecule has 0 radical (unpaired) electrons. The third-order valence-corrected chi connectivity index (χ3v) is 8.98. The van der Waals surface area contributed by atoms with Gasteiger partial charge in [0.1, 0.15) is 0 Å². The minimum Gasteiger partial charge on any atom is -0.481 e. The number of benzene rings is 1. The van der Waals surface area contributed by atoms with E-state index in [1.54, 1.807) is 18.8 Å². The van der Waals surface area contributed by atoms with Crippen LogP contribution in [0, 0.1) is 0 Å². The summed E-state index contributed by atoms with van der Waals surface area (Å²) in [4.78, 5) is 29.7. The standard InChI is InChI=1S/C14H19Cl2NO2.C7H15Cl2N2O2P.C6H10N6O/c15-8-10-17(11-9-16)13-6-4-12(5-7-13)2-1-3-14(18)19;8-2-5-11(6-3-9)14(12)10-4-1-7-13-14;1-12(2)11-10-6-4(5(7)13)8-3-9-6/h4-7H,1-3,8-11H2,(H,18,19);1-7H2,(H,10,12);3H,1-2H3,(H2,7,13)(H,8,9). The zero-order valence-corrected chi connectivity index (χ0v) is 30.0. The smallest absolute Gasteiger partial charge is 0.343 e. The third-order valence-electron chi connectivity index (χ3n) is 6.01. The number of imidazole rings is 1. The summed E-state index contributed by atoms with van der Waals surface area (Å²) in [6.07, 6.45) is 3.90. The van der Waals surface area contributed by atoms with Crippen LogP contribution in [0.15, 0.2) is 40.9 Å². The Balaban J connectivity index is 0.000000353. The minimum absolute atomic E-state index is 0.158. The number of hydrogen-bond donors (Lipinski definition) is 4. The molecule has 5 N–H and O–H groups in total. The highest BCUT2D eigenvalue weighted by molar-refractivity contribution is 7.54. The van der Waals surface area contributed by atoms with E-state index in [4.69, 9.17) is 61.8 Å². The fourth-order valence-electron chi connectivity index (χ4n) is 3.85. The summed E-state index contributed by atoms with van der Waals surface area (Å²) in [5, 5.41) is 20.4. The van der Waals surface area contributed by atoms with Crippen LogP contribution in [0.2, 0.25) is 0 Å². The first-order valence-corrected chi connectivity index (χ1v) is 18.2. The predicted molar refractivity (Wildman–Crippen MR) is 185 cm³/mol. The number of H-pyrrole nitrogens is 1. The number of carboxylic acid groups (broad SMARTS) is 1. The van der Waals surface area contributed by atoms with Gasteiger partial charge < -0.3 is 25.2 Å². The number of primary amides is 1. The van der Waals surface area contributed by atoms with Crippen LogP contribution in [0.25, 0.3) is 0 Å². The second kappa shape index (κ2) is 24.1. The Bertz CT molecular complexity index is 1200. The molecular weight excluding hydrogens is 703 g/mol. The molecule has 1 fully saturated rings. The number of halogens is 4. The molecule has 1 saturated heterocycles. The van der Waals surface area contributed by atoms with E-state index in [1.165, 1.54) is 11.3 Å². The number of amides is 1. The van der Waals surface area contributed by atoms with Crippen molar-refractivity contribution in [3.05, 3.63) is 41.9 Å². The van der Waals surface area contributed by atoms with Gasteiger partial charge in [-0.25, -0.2) is 14.7 Å². The van der Waals surface area contributed by atoms with Crippen LogP contribution in [0.3, 0.4) is 0 Å². The van der Waals surface area contributed by atoms with E-state index in [2.05, 4.69) is 30.3 Å². The van der Waals surface area contributed by atoms with Crippen LogP contribution in [-0.4, -0.2) is 114 Å². The number of aryl methyl sites for hydroxylation is 1. The zero-order chi connectivity index (χ0) is 34.4. The van der Waals surface area contributed by atoms with Crippen molar-refractivity contribution < 1.29 is 23.8 Å². The number of carbonyl (C=O) groups excluding carboxylic acids is 1. The lowest BCUT2D eigenvalue weighted by Crippen LogP contribution is -2.35. The predicted octanol–water partition coefficient (Wildman–Crippen LogP) is 5.33. The van der Waals surface area contributed by atoms with E-state index in [1.807, 2.05) is 24.3 Å². The van der Waals surface area contributed by atoms with Gasteiger partial charge >= 0.3 is 13.6 Å². The van der Waals surface area contributed by atoms with Gasteiger partial charge in [0.2, 0.25) is 5.82 Å². The number of aliphatic carboxylic acids is 1.